The van der Waals surface area contributed by atoms with Crippen LogP contribution in [0.3, 0.4) is 0 Å². The van der Waals surface area contributed by atoms with Crippen molar-refractivity contribution in [3.05, 3.63) is 11.7 Å². The van der Waals surface area contributed by atoms with Crippen molar-refractivity contribution >= 4 is 6.03 Å². The van der Waals surface area contributed by atoms with E-state index in [0.717, 1.165) is 51.6 Å². The van der Waals surface area contributed by atoms with Crippen molar-refractivity contribution in [2.24, 2.45) is 5.92 Å². The second kappa shape index (κ2) is 12.0. The molecule has 3 heterocycles. The highest BCUT2D eigenvalue weighted by Gasteiger charge is 2.52. The largest absolute Gasteiger partial charge is 0.339 e. The number of carbonyl (C=O) groups is 1. The monoisotopic (exact) mass is 620 g/mol. The first kappa shape index (κ1) is 30.8. The zero-order valence-corrected chi connectivity index (χ0v) is 26.5. The van der Waals surface area contributed by atoms with E-state index in [1.165, 1.54) is 19.3 Å². The molecule has 246 valence electrons. The molecule has 4 saturated carbocycles. The normalized spacial score (nSPS) is 37.3. The summed E-state index contributed by atoms with van der Waals surface area (Å²) in [4.78, 5) is 25.3. The standard InChI is InChI=1S/C33H51F3N6O2/c1-32(30-38-29(44-39-30)24-19-25(24)34)15-18-42(27(20-32)21-7-3-4-8-21)31(43)37-28-26(11-6-14-33(28,35)36)41-16-12-23(13-17-41)40(2)22-9-5-10-22/h21-28H,3-20H2,1-2H3,(H,37,43)/t24-,25+,26+,27?,28-,32?/m1/s1. The zero-order chi connectivity index (χ0) is 30.6. The summed E-state index contributed by atoms with van der Waals surface area (Å²) in [7, 11) is 2.23. The number of nitrogens with one attached hydrogen (secondary N) is 1. The summed E-state index contributed by atoms with van der Waals surface area (Å²) in [6.07, 6.45) is 11.9. The molecule has 44 heavy (non-hydrogen) atoms. The van der Waals surface area contributed by atoms with Crippen molar-refractivity contribution in [2.75, 3.05) is 26.7 Å². The third-order valence-corrected chi connectivity index (χ3v) is 12.5. The maximum Gasteiger partial charge on any atom is 0.318 e. The molecule has 1 aromatic rings. The number of hydrogen-bond acceptors (Lipinski definition) is 6. The summed E-state index contributed by atoms with van der Waals surface area (Å²) in [5.74, 6) is -1.96. The quantitative estimate of drug-likeness (QED) is 0.402. The first-order chi connectivity index (χ1) is 21.1. The molecule has 2 amide bonds. The fourth-order valence-electron chi connectivity index (χ4n) is 9.15. The average Bonchev–Trinajstić information content (AvgIpc) is 3.36. The Labute approximate surface area is 259 Å². The van der Waals surface area contributed by atoms with Crippen LogP contribution in [-0.2, 0) is 5.41 Å². The van der Waals surface area contributed by atoms with Gasteiger partial charge in [0.25, 0.3) is 5.92 Å². The molecule has 2 saturated heterocycles. The van der Waals surface area contributed by atoms with E-state index in [2.05, 4.69) is 39.2 Å². The molecule has 8 nitrogen and oxygen atoms in total. The summed E-state index contributed by atoms with van der Waals surface area (Å²) in [6, 6.07) is -0.777. The maximum absolute atomic E-state index is 15.7. The summed E-state index contributed by atoms with van der Waals surface area (Å²) in [5, 5.41) is 7.21. The highest BCUT2D eigenvalue weighted by molar-refractivity contribution is 5.75. The van der Waals surface area contributed by atoms with Crippen molar-refractivity contribution < 1.29 is 22.5 Å². The number of likely N-dealkylation sites (tertiary alicyclic amines) is 2. The molecule has 1 aromatic heterocycles. The van der Waals surface area contributed by atoms with Gasteiger partial charge in [0.2, 0.25) is 5.89 Å². The van der Waals surface area contributed by atoms with Crippen LogP contribution in [0.25, 0.3) is 0 Å². The maximum atomic E-state index is 15.7. The minimum absolute atomic E-state index is 0.0819. The first-order valence-corrected chi connectivity index (χ1v) is 17.5. The second-order valence-electron chi connectivity index (χ2n) is 15.3. The molecule has 7 rings (SSSR count). The predicted octanol–water partition coefficient (Wildman–Crippen LogP) is 6.02. The van der Waals surface area contributed by atoms with Gasteiger partial charge in [-0.1, -0.05) is 31.3 Å². The minimum atomic E-state index is -2.94. The molecule has 0 aromatic carbocycles. The lowest BCUT2D eigenvalue weighted by Crippen LogP contribution is -2.66. The molecule has 6 atom stereocenters. The Morgan fingerprint density at radius 2 is 1.66 bits per heavy atom. The molecule has 2 unspecified atom stereocenters. The molecule has 2 aliphatic heterocycles. The number of rotatable bonds is 7. The van der Waals surface area contributed by atoms with Crippen molar-refractivity contribution in [1.82, 2.24) is 30.2 Å². The van der Waals surface area contributed by atoms with Crippen molar-refractivity contribution in [3.63, 3.8) is 0 Å². The molecule has 0 bridgehead atoms. The van der Waals surface area contributed by atoms with Gasteiger partial charge in [0.1, 0.15) is 12.2 Å². The van der Waals surface area contributed by atoms with E-state index in [1.807, 2.05) is 4.90 Å². The van der Waals surface area contributed by atoms with Gasteiger partial charge in [0.15, 0.2) is 5.82 Å². The fourth-order valence-corrected chi connectivity index (χ4v) is 9.15. The van der Waals surface area contributed by atoms with Crippen LogP contribution in [0, 0.1) is 5.92 Å². The highest BCUT2D eigenvalue weighted by Crippen LogP contribution is 2.46. The van der Waals surface area contributed by atoms with Crippen molar-refractivity contribution in [2.45, 2.75) is 157 Å². The number of carbonyl (C=O) groups excluding carboxylic acids is 1. The number of halogens is 3. The molecule has 11 heteroatoms. The molecule has 0 spiro atoms. The molecular weight excluding hydrogens is 569 g/mol. The third kappa shape index (κ3) is 5.89. The lowest BCUT2D eigenvalue weighted by molar-refractivity contribution is -0.0974. The van der Waals surface area contributed by atoms with Crippen molar-refractivity contribution in [1.29, 1.82) is 0 Å². The van der Waals surface area contributed by atoms with Gasteiger partial charge in [-0.3, -0.25) is 4.90 Å². The molecular formula is C33H51F3N6O2. The van der Waals surface area contributed by atoms with Gasteiger partial charge >= 0.3 is 6.03 Å². The Hall–Kier alpha value is -1.88. The Kier molecular flexibility index (Phi) is 8.42. The van der Waals surface area contributed by atoms with Crippen LogP contribution in [-0.4, -0.2) is 99.9 Å². The van der Waals surface area contributed by atoms with E-state index < -0.39 is 23.6 Å². The van der Waals surface area contributed by atoms with Crippen LogP contribution in [0.5, 0.6) is 0 Å². The van der Waals surface area contributed by atoms with Gasteiger partial charge < -0.3 is 19.6 Å². The first-order valence-electron chi connectivity index (χ1n) is 17.5. The summed E-state index contributed by atoms with van der Waals surface area (Å²) < 4.78 is 50.5. The van der Waals surface area contributed by atoms with Gasteiger partial charge in [0.05, 0.1) is 5.92 Å². The number of hydrogen-bond donors (Lipinski definition) is 1. The highest BCUT2D eigenvalue weighted by atomic mass is 19.3. The van der Waals surface area contributed by atoms with Gasteiger partial charge in [-0.25, -0.2) is 18.0 Å². The summed E-state index contributed by atoms with van der Waals surface area (Å²) in [5.41, 5.74) is -0.416. The Morgan fingerprint density at radius 3 is 2.32 bits per heavy atom. The van der Waals surface area contributed by atoms with Crippen molar-refractivity contribution in [3.8, 4) is 0 Å². The average molecular weight is 621 g/mol. The second-order valence-corrected chi connectivity index (χ2v) is 15.3. The molecule has 4 aliphatic carbocycles. The van der Waals surface area contributed by atoms with Gasteiger partial charge in [-0.2, -0.15) is 4.98 Å². The van der Waals surface area contributed by atoms with Crippen LogP contribution >= 0.6 is 0 Å². The van der Waals surface area contributed by atoms with E-state index in [4.69, 9.17) is 4.52 Å². The molecule has 6 aliphatic rings. The summed E-state index contributed by atoms with van der Waals surface area (Å²) in [6.45, 7) is 4.16. The van der Waals surface area contributed by atoms with E-state index in [-0.39, 0.29) is 30.5 Å². The third-order valence-electron chi connectivity index (χ3n) is 12.5. The van der Waals surface area contributed by atoms with Crippen LogP contribution in [0.15, 0.2) is 4.52 Å². The lowest BCUT2D eigenvalue weighted by atomic mass is 9.72. The smallest absolute Gasteiger partial charge is 0.318 e. The van der Waals surface area contributed by atoms with Gasteiger partial charge in [-0.15, -0.1) is 0 Å². The van der Waals surface area contributed by atoms with Crippen LogP contribution in [0.4, 0.5) is 18.0 Å². The minimum Gasteiger partial charge on any atom is -0.339 e. The molecule has 0 radical (unpaired) electrons. The lowest BCUT2D eigenvalue weighted by Gasteiger charge is -2.50. The Balaban J connectivity index is 1.04. The Morgan fingerprint density at radius 1 is 0.955 bits per heavy atom. The predicted molar refractivity (Wildman–Crippen MR) is 160 cm³/mol. The van der Waals surface area contributed by atoms with E-state index in [9.17, 15) is 9.18 Å². The zero-order valence-electron chi connectivity index (χ0n) is 26.5. The fraction of sp³-hybridized carbons (Fsp3) is 0.909. The topological polar surface area (TPSA) is 77.7 Å². The number of piperidine rings is 2. The van der Waals surface area contributed by atoms with E-state index in [1.54, 1.807) is 0 Å². The molecule has 6 fully saturated rings. The number of alkyl halides is 3. The number of nitrogens with zero attached hydrogens (tertiary/aromatic N) is 5. The number of urea groups is 1. The van der Waals surface area contributed by atoms with E-state index >= 15 is 8.78 Å². The Bertz CT molecular complexity index is 1170. The van der Waals surface area contributed by atoms with E-state index in [0.29, 0.717) is 68.4 Å². The van der Waals surface area contributed by atoms with Crippen LogP contribution in [0.1, 0.15) is 121 Å². The number of aromatic nitrogens is 2. The van der Waals surface area contributed by atoms with Crippen LogP contribution < -0.4 is 5.32 Å². The number of amides is 2. The van der Waals surface area contributed by atoms with Gasteiger partial charge in [0, 0.05) is 55.6 Å². The SMILES string of the molecule is CN(C1CCC1)C1CCN([C@H]2CCCC(F)(F)[C@@H]2NC(=O)N2CCC(C)(c3noc([C@@H]4C[C@@H]4F)n3)CC2C2CCCC2)CC1. The molecule has 1 N–H and O–H groups in total. The summed E-state index contributed by atoms with van der Waals surface area (Å²) >= 11 is 0. The van der Waals surface area contributed by atoms with Crippen LogP contribution in [0.2, 0.25) is 0 Å². The van der Waals surface area contributed by atoms with Gasteiger partial charge in [-0.05, 0) is 83.6 Å².